The minimum absolute atomic E-state index is 0.212. The molecule has 6 heteroatoms. The third kappa shape index (κ3) is 4.52. The van der Waals surface area contributed by atoms with Crippen molar-refractivity contribution in [2.45, 2.75) is 6.54 Å². The molecule has 1 amide bonds. The summed E-state index contributed by atoms with van der Waals surface area (Å²) < 4.78 is 5.14. The Morgan fingerprint density at radius 1 is 1.08 bits per heavy atom. The first kappa shape index (κ1) is 17.8. The summed E-state index contributed by atoms with van der Waals surface area (Å²) in [5.41, 5.74) is 2.93. The number of halogens is 1. The summed E-state index contributed by atoms with van der Waals surface area (Å²) in [5.74, 6) is 0.567. The van der Waals surface area contributed by atoms with Crippen molar-refractivity contribution in [3.05, 3.63) is 83.1 Å². The van der Waals surface area contributed by atoms with Gasteiger partial charge in [0.25, 0.3) is 5.91 Å². The summed E-state index contributed by atoms with van der Waals surface area (Å²) in [5, 5.41) is 6.69. The largest absolute Gasteiger partial charge is 0.497 e. The maximum atomic E-state index is 12.4. The maximum Gasteiger partial charge on any atom is 0.253 e. The maximum absolute atomic E-state index is 12.4. The Morgan fingerprint density at radius 2 is 1.85 bits per heavy atom. The number of anilines is 2. The molecule has 1 heterocycles. The Morgan fingerprint density at radius 3 is 2.58 bits per heavy atom. The van der Waals surface area contributed by atoms with Crippen molar-refractivity contribution in [3.8, 4) is 5.75 Å². The zero-order valence-corrected chi connectivity index (χ0v) is 15.0. The van der Waals surface area contributed by atoms with Crippen LogP contribution in [0.1, 0.15) is 15.9 Å². The van der Waals surface area contributed by atoms with Gasteiger partial charge < -0.3 is 15.4 Å². The average Bonchev–Trinajstić information content (AvgIpc) is 2.68. The van der Waals surface area contributed by atoms with Crippen LogP contribution in [0.15, 0.2) is 67.0 Å². The van der Waals surface area contributed by atoms with Gasteiger partial charge in [-0.15, -0.1) is 0 Å². The number of carbonyl (C=O) groups is 1. The van der Waals surface area contributed by atoms with E-state index in [0.717, 1.165) is 22.7 Å². The van der Waals surface area contributed by atoms with Crippen molar-refractivity contribution >= 4 is 28.9 Å². The minimum atomic E-state index is -0.212. The van der Waals surface area contributed by atoms with Gasteiger partial charge in [0.15, 0.2) is 0 Å². The Bertz CT molecular complexity index is 898. The summed E-state index contributed by atoms with van der Waals surface area (Å²) in [6.45, 7) is 0.356. The molecule has 0 atom stereocenters. The van der Waals surface area contributed by atoms with Crippen LogP contribution in [0.3, 0.4) is 0 Å². The van der Waals surface area contributed by atoms with E-state index in [1.165, 1.54) is 6.20 Å². The predicted octanol–water partition coefficient (Wildman–Crippen LogP) is 4.42. The van der Waals surface area contributed by atoms with E-state index >= 15 is 0 Å². The number of benzene rings is 2. The van der Waals surface area contributed by atoms with Crippen molar-refractivity contribution in [3.63, 3.8) is 0 Å². The number of carbonyl (C=O) groups excluding carboxylic acids is 1. The van der Waals surface area contributed by atoms with Crippen molar-refractivity contribution in [1.29, 1.82) is 0 Å². The lowest BCUT2D eigenvalue weighted by atomic mass is 10.2. The van der Waals surface area contributed by atoms with Crippen LogP contribution < -0.4 is 15.4 Å². The number of nitrogens with zero attached hydrogens (tertiary/aromatic N) is 1. The molecule has 0 aliphatic rings. The number of hydrogen-bond acceptors (Lipinski definition) is 4. The molecule has 0 fully saturated rings. The third-order valence-corrected chi connectivity index (χ3v) is 4.15. The number of hydrogen-bond donors (Lipinski definition) is 2. The van der Waals surface area contributed by atoms with E-state index < -0.39 is 0 Å². The molecule has 0 aliphatic carbocycles. The van der Waals surface area contributed by atoms with Crippen LogP contribution in [0.4, 0.5) is 11.4 Å². The van der Waals surface area contributed by atoms with E-state index in [0.29, 0.717) is 17.1 Å². The van der Waals surface area contributed by atoms with Crippen LogP contribution in [0, 0.1) is 0 Å². The SMILES string of the molecule is COc1ccc(Nc2cncc(C(=O)NCc3ccccc3Cl)c2)cc1. The number of rotatable bonds is 6. The van der Waals surface area contributed by atoms with E-state index in [2.05, 4.69) is 15.6 Å². The Hall–Kier alpha value is -3.05. The van der Waals surface area contributed by atoms with Crippen LogP contribution in [0.25, 0.3) is 0 Å². The Kier molecular flexibility index (Phi) is 5.71. The molecule has 132 valence electrons. The fraction of sp³-hybridized carbons (Fsp3) is 0.100. The molecule has 0 aliphatic heterocycles. The van der Waals surface area contributed by atoms with Gasteiger partial charge in [0.1, 0.15) is 5.75 Å². The quantitative estimate of drug-likeness (QED) is 0.677. The lowest BCUT2D eigenvalue weighted by Crippen LogP contribution is -2.23. The molecule has 5 nitrogen and oxygen atoms in total. The molecule has 0 saturated carbocycles. The van der Waals surface area contributed by atoms with Crippen LogP contribution in [0.5, 0.6) is 5.75 Å². The van der Waals surface area contributed by atoms with Crippen molar-refractivity contribution in [1.82, 2.24) is 10.3 Å². The molecule has 0 saturated heterocycles. The zero-order valence-electron chi connectivity index (χ0n) is 14.2. The van der Waals surface area contributed by atoms with Crippen LogP contribution in [-0.2, 0) is 6.54 Å². The van der Waals surface area contributed by atoms with Crippen LogP contribution in [-0.4, -0.2) is 18.0 Å². The van der Waals surface area contributed by atoms with Gasteiger partial charge in [-0.1, -0.05) is 29.8 Å². The van der Waals surface area contributed by atoms with Crippen molar-refractivity contribution < 1.29 is 9.53 Å². The van der Waals surface area contributed by atoms with Crippen LogP contribution in [0.2, 0.25) is 5.02 Å². The second-order valence-electron chi connectivity index (χ2n) is 5.59. The number of methoxy groups -OCH3 is 1. The first-order valence-electron chi connectivity index (χ1n) is 8.03. The molecular formula is C20H18ClN3O2. The Labute approximate surface area is 157 Å². The molecule has 1 aromatic heterocycles. The fourth-order valence-corrected chi connectivity index (χ4v) is 2.60. The van der Waals surface area contributed by atoms with Crippen molar-refractivity contribution in [2.75, 3.05) is 12.4 Å². The number of ether oxygens (including phenoxy) is 1. The van der Waals surface area contributed by atoms with Gasteiger partial charge >= 0.3 is 0 Å². The molecule has 0 bridgehead atoms. The highest BCUT2D eigenvalue weighted by atomic mass is 35.5. The van der Waals surface area contributed by atoms with Gasteiger partial charge in [-0.2, -0.15) is 0 Å². The summed E-state index contributed by atoms with van der Waals surface area (Å²) in [6.07, 6.45) is 3.19. The highest BCUT2D eigenvalue weighted by molar-refractivity contribution is 6.31. The topological polar surface area (TPSA) is 63.2 Å². The first-order chi connectivity index (χ1) is 12.7. The molecule has 2 N–H and O–H groups in total. The van der Waals surface area contributed by atoms with Crippen LogP contribution >= 0.6 is 11.6 Å². The minimum Gasteiger partial charge on any atom is -0.497 e. The molecular weight excluding hydrogens is 350 g/mol. The number of nitrogens with one attached hydrogen (secondary N) is 2. The summed E-state index contributed by atoms with van der Waals surface area (Å²) in [7, 11) is 1.62. The molecule has 26 heavy (non-hydrogen) atoms. The molecule has 0 spiro atoms. The monoisotopic (exact) mass is 367 g/mol. The van der Waals surface area contributed by atoms with Gasteiger partial charge in [-0.25, -0.2) is 0 Å². The molecule has 3 aromatic rings. The number of aromatic nitrogens is 1. The van der Waals surface area contributed by atoms with Gasteiger partial charge in [-0.3, -0.25) is 9.78 Å². The van der Waals surface area contributed by atoms with Crippen molar-refractivity contribution in [2.24, 2.45) is 0 Å². The predicted molar refractivity (Wildman–Crippen MR) is 103 cm³/mol. The fourth-order valence-electron chi connectivity index (χ4n) is 2.39. The lowest BCUT2D eigenvalue weighted by molar-refractivity contribution is 0.0950. The van der Waals surface area contributed by atoms with E-state index in [9.17, 15) is 4.79 Å². The highest BCUT2D eigenvalue weighted by Gasteiger charge is 2.08. The summed E-state index contributed by atoms with van der Waals surface area (Å²) >= 11 is 6.11. The third-order valence-electron chi connectivity index (χ3n) is 3.78. The second kappa shape index (κ2) is 8.36. The number of amides is 1. The Balaban J connectivity index is 1.66. The van der Waals surface area contributed by atoms with E-state index in [1.807, 2.05) is 42.5 Å². The number of pyridine rings is 1. The molecule has 0 radical (unpaired) electrons. The molecule has 2 aromatic carbocycles. The van der Waals surface area contributed by atoms with Gasteiger partial charge in [0.05, 0.1) is 24.6 Å². The van der Waals surface area contributed by atoms with E-state index in [4.69, 9.17) is 16.3 Å². The smallest absolute Gasteiger partial charge is 0.253 e. The van der Waals surface area contributed by atoms with E-state index in [1.54, 1.807) is 25.4 Å². The van der Waals surface area contributed by atoms with E-state index in [-0.39, 0.29) is 5.91 Å². The first-order valence-corrected chi connectivity index (χ1v) is 8.41. The normalized spacial score (nSPS) is 10.2. The zero-order chi connectivity index (χ0) is 18.4. The molecule has 0 unspecified atom stereocenters. The van der Waals surface area contributed by atoms with Gasteiger partial charge in [-0.05, 0) is 42.0 Å². The summed E-state index contributed by atoms with van der Waals surface area (Å²) in [4.78, 5) is 16.5. The second-order valence-corrected chi connectivity index (χ2v) is 6.00. The highest BCUT2D eigenvalue weighted by Crippen LogP contribution is 2.20. The van der Waals surface area contributed by atoms with Gasteiger partial charge in [0.2, 0.25) is 0 Å². The summed E-state index contributed by atoms with van der Waals surface area (Å²) in [6, 6.07) is 16.7. The van der Waals surface area contributed by atoms with Gasteiger partial charge in [0, 0.05) is 23.5 Å². The molecule has 3 rings (SSSR count). The average molecular weight is 368 g/mol. The standard InChI is InChI=1S/C20H18ClN3O2/c1-26-18-8-6-16(7-9-18)24-17-10-15(11-22-13-17)20(25)23-12-14-4-2-3-5-19(14)21/h2-11,13,24H,12H2,1H3,(H,23,25). The lowest BCUT2D eigenvalue weighted by Gasteiger charge is -2.10.